The van der Waals surface area contributed by atoms with Crippen LogP contribution in [0.5, 0.6) is 0 Å². The van der Waals surface area contributed by atoms with E-state index >= 15 is 0 Å². The van der Waals surface area contributed by atoms with Crippen molar-refractivity contribution in [2.45, 2.75) is 31.4 Å². The average molecular weight is 219 g/mol. The zero-order valence-corrected chi connectivity index (χ0v) is 9.51. The number of hydrogen-bond acceptors (Lipinski definition) is 3. The van der Waals surface area contributed by atoms with Crippen molar-refractivity contribution in [2.24, 2.45) is 11.7 Å². The lowest BCUT2D eigenvalue weighted by Gasteiger charge is -2.35. The van der Waals surface area contributed by atoms with Crippen LogP contribution in [0, 0.1) is 5.92 Å². The molecule has 0 radical (unpaired) electrons. The first kappa shape index (κ1) is 12.9. The van der Waals surface area contributed by atoms with Gasteiger partial charge in [0, 0.05) is 19.6 Å². The van der Waals surface area contributed by atoms with Crippen molar-refractivity contribution in [3.8, 4) is 0 Å². The molecule has 1 saturated heterocycles. The molecule has 0 aliphatic carbocycles. The maximum atomic E-state index is 14.6. The van der Waals surface area contributed by atoms with Crippen molar-refractivity contribution in [1.82, 2.24) is 0 Å². The van der Waals surface area contributed by atoms with Gasteiger partial charge in [0.05, 0.1) is 13.2 Å². The van der Waals surface area contributed by atoms with Gasteiger partial charge in [-0.2, -0.15) is 0 Å². The lowest BCUT2D eigenvalue weighted by atomic mass is 9.82. The Hall–Kier alpha value is -0.190. The summed E-state index contributed by atoms with van der Waals surface area (Å²) in [7, 11) is 1.54. The van der Waals surface area contributed by atoms with Crippen LogP contribution < -0.4 is 5.73 Å². The Kier molecular flexibility index (Phi) is 5.50. The van der Waals surface area contributed by atoms with Gasteiger partial charge in [0.1, 0.15) is 5.67 Å². The first-order valence-electron chi connectivity index (χ1n) is 5.68. The second kappa shape index (κ2) is 6.40. The number of alkyl halides is 1. The third kappa shape index (κ3) is 3.70. The molecular formula is C11H22FNO2. The molecule has 1 aliphatic rings. The molecule has 4 heteroatoms. The zero-order chi connectivity index (χ0) is 11.1. The predicted molar refractivity (Wildman–Crippen MR) is 57.5 cm³/mol. The monoisotopic (exact) mass is 219 g/mol. The maximum absolute atomic E-state index is 14.6. The molecule has 1 heterocycles. The van der Waals surface area contributed by atoms with Crippen LogP contribution in [0.2, 0.25) is 0 Å². The van der Waals surface area contributed by atoms with Gasteiger partial charge in [0.2, 0.25) is 0 Å². The molecule has 2 N–H and O–H groups in total. The SMILES string of the molecule is COCC(F)(CCCN)C1CCCOC1. The normalized spacial score (nSPS) is 26.2. The van der Waals surface area contributed by atoms with Gasteiger partial charge < -0.3 is 15.2 Å². The van der Waals surface area contributed by atoms with E-state index in [1.807, 2.05) is 0 Å². The largest absolute Gasteiger partial charge is 0.381 e. The molecule has 0 bridgehead atoms. The molecule has 15 heavy (non-hydrogen) atoms. The molecule has 0 aromatic rings. The zero-order valence-electron chi connectivity index (χ0n) is 9.51. The maximum Gasteiger partial charge on any atom is 0.139 e. The topological polar surface area (TPSA) is 44.5 Å². The van der Waals surface area contributed by atoms with Crippen molar-refractivity contribution in [1.29, 1.82) is 0 Å². The third-order valence-electron chi connectivity index (χ3n) is 3.07. The highest BCUT2D eigenvalue weighted by Gasteiger charge is 2.39. The van der Waals surface area contributed by atoms with E-state index in [1.165, 1.54) is 0 Å². The fourth-order valence-corrected chi connectivity index (χ4v) is 2.18. The van der Waals surface area contributed by atoms with Crippen molar-refractivity contribution in [2.75, 3.05) is 33.5 Å². The van der Waals surface area contributed by atoms with Gasteiger partial charge in [-0.3, -0.25) is 0 Å². The van der Waals surface area contributed by atoms with Gasteiger partial charge in [-0.25, -0.2) is 4.39 Å². The Balaban J connectivity index is 2.52. The molecule has 90 valence electrons. The van der Waals surface area contributed by atoms with Crippen LogP contribution >= 0.6 is 0 Å². The number of halogens is 1. The van der Waals surface area contributed by atoms with Crippen LogP contribution in [0.25, 0.3) is 0 Å². The molecule has 0 amide bonds. The van der Waals surface area contributed by atoms with E-state index < -0.39 is 5.67 Å². The van der Waals surface area contributed by atoms with Crippen LogP contribution in [-0.4, -0.2) is 39.1 Å². The summed E-state index contributed by atoms with van der Waals surface area (Å²) >= 11 is 0. The number of methoxy groups -OCH3 is 1. The van der Waals surface area contributed by atoms with Crippen LogP contribution in [-0.2, 0) is 9.47 Å². The van der Waals surface area contributed by atoms with Crippen molar-refractivity contribution >= 4 is 0 Å². The summed E-state index contributed by atoms with van der Waals surface area (Å²) in [6, 6.07) is 0. The summed E-state index contributed by atoms with van der Waals surface area (Å²) in [5.74, 6) is -0.0299. The molecule has 1 aliphatic heterocycles. The first-order valence-corrected chi connectivity index (χ1v) is 5.68. The molecule has 2 unspecified atom stereocenters. The fourth-order valence-electron chi connectivity index (χ4n) is 2.18. The first-order chi connectivity index (χ1) is 7.23. The Morgan fingerprint density at radius 2 is 2.40 bits per heavy atom. The number of nitrogens with two attached hydrogens (primary N) is 1. The van der Waals surface area contributed by atoms with Crippen molar-refractivity contribution in [3.05, 3.63) is 0 Å². The lowest BCUT2D eigenvalue weighted by Crippen LogP contribution is -2.42. The van der Waals surface area contributed by atoms with E-state index in [0.717, 1.165) is 19.4 Å². The second-order valence-corrected chi connectivity index (χ2v) is 4.27. The minimum atomic E-state index is -1.26. The van der Waals surface area contributed by atoms with Crippen LogP contribution in [0.15, 0.2) is 0 Å². The lowest BCUT2D eigenvalue weighted by molar-refractivity contribution is -0.0684. The highest BCUT2D eigenvalue weighted by Crippen LogP contribution is 2.33. The summed E-state index contributed by atoms with van der Waals surface area (Å²) in [4.78, 5) is 0. The Morgan fingerprint density at radius 1 is 1.60 bits per heavy atom. The highest BCUT2D eigenvalue weighted by molar-refractivity contribution is 4.88. The molecule has 1 fully saturated rings. The van der Waals surface area contributed by atoms with Gasteiger partial charge >= 0.3 is 0 Å². The molecular weight excluding hydrogens is 197 g/mol. The molecule has 0 saturated carbocycles. The number of hydrogen-bond donors (Lipinski definition) is 1. The molecule has 0 spiro atoms. The standard InChI is InChI=1S/C11H22FNO2/c1-14-9-11(12,5-3-6-13)10-4-2-7-15-8-10/h10H,2-9,13H2,1H3. The molecule has 3 nitrogen and oxygen atoms in total. The van der Waals surface area contributed by atoms with Gasteiger partial charge in [-0.15, -0.1) is 0 Å². The summed E-state index contributed by atoms with van der Waals surface area (Å²) < 4.78 is 24.9. The number of rotatable bonds is 6. The van der Waals surface area contributed by atoms with E-state index in [1.54, 1.807) is 7.11 Å². The smallest absolute Gasteiger partial charge is 0.139 e. The van der Waals surface area contributed by atoms with Crippen LogP contribution in [0.3, 0.4) is 0 Å². The summed E-state index contributed by atoms with van der Waals surface area (Å²) in [5.41, 5.74) is 4.17. The van der Waals surface area contributed by atoms with Gasteiger partial charge in [0.25, 0.3) is 0 Å². The van der Waals surface area contributed by atoms with Gasteiger partial charge in [-0.1, -0.05) is 0 Å². The Labute approximate surface area is 91.1 Å². The molecule has 2 atom stereocenters. The Morgan fingerprint density at radius 3 is 2.93 bits per heavy atom. The van der Waals surface area contributed by atoms with E-state index in [2.05, 4.69) is 0 Å². The van der Waals surface area contributed by atoms with E-state index in [-0.39, 0.29) is 12.5 Å². The van der Waals surface area contributed by atoms with Crippen molar-refractivity contribution < 1.29 is 13.9 Å². The Bertz CT molecular complexity index is 174. The van der Waals surface area contributed by atoms with Crippen LogP contribution in [0.1, 0.15) is 25.7 Å². The van der Waals surface area contributed by atoms with E-state index in [9.17, 15) is 4.39 Å². The third-order valence-corrected chi connectivity index (χ3v) is 3.07. The summed E-state index contributed by atoms with van der Waals surface area (Å²) in [6.45, 7) is 1.96. The molecule has 0 aromatic heterocycles. The van der Waals surface area contributed by atoms with Crippen molar-refractivity contribution in [3.63, 3.8) is 0 Å². The number of ether oxygens (including phenoxy) is 2. The van der Waals surface area contributed by atoms with E-state index in [4.69, 9.17) is 15.2 Å². The second-order valence-electron chi connectivity index (χ2n) is 4.27. The van der Waals surface area contributed by atoms with Gasteiger partial charge in [-0.05, 0) is 32.2 Å². The average Bonchev–Trinajstić information content (AvgIpc) is 2.28. The van der Waals surface area contributed by atoms with Gasteiger partial charge in [0.15, 0.2) is 0 Å². The molecule has 0 aromatic carbocycles. The minimum Gasteiger partial charge on any atom is -0.381 e. The van der Waals surface area contributed by atoms with E-state index in [0.29, 0.717) is 26.0 Å². The molecule has 1 rings (SSSR count). The minimum absolute atomic E-state index is 0.0299. The summed E-state index contributed by atoms with van der Waals surface area (Å²) in [5, 5.41) is 0. The van der Waals surface area contributed by atoms with Crippen LogP contribution in [0.4, 0.5) is 4.39 Å². The fraction of sp³-hybridized carbons (Fsp3) is 1.00. The quantitative estimate of drug-likeness (QED) is 0.736. The highest BCUT2D eigenvalue weighted by atomic mass is 19.1. The predicted octanol–water partition coefficient (Wildman–Crippen LogP) is 1.51. The summed E-state index contributed by atoms with van der Waals surface area (Å²) in [6.07, 6.45) is 3.02.